The topological polar surface area (TPSA) is 88.1 Å². The van der Waals surface area contributed by atoms with Crippen LogP contribution in [-0.2, 0) is 33.3 Å². The van der Waals surface area contributed by atoms with E-state index in [1.807, 2.05) is 24.3 Å². The number of esters is 3. The molecule has 7 nitrogen and oxygen atoms in total. The van der Waals surface area contributed by atoms with Crippen molar-refractivity contribution in [2.45, 2.75) is 51.6 Å². The molecular weight excluding hydrogens is 408 g/mol. The summed E-state index contributed by atoms with van der Waals surface area (Å²) in [7, 11) is 0. The Bertz CT molecular complexity index is 675. The van der Waals surface area contributed by atoms with Crippen LogP contribution in [-0.4, -0.2) is 42.8 Å². The highest BCUT2D eigenvalue weighted by Gasteiger charge is 2.44. The van der Waals surface area contributed by atoms with E-state index in [-0.39, 0.29) is 13.0 Å². The summed E-state index contributed by atoms with van der Waals surface area (Å²) in [6.07, 6.45) is -2.45. The number of rotatable bonds is 5. The first kappa shape index (κ1) is 20.4. The zero-order valence-electron chi connectivity index (χ0n) is 14.8. The third kappa shape index (κ3) is 5.81. The van der Waals surface area contributed by atoms with Crippen molar-refractivity contribution in [1.29, 1.82) is 0 Å². The number of ether oxygens (including phenoxy) is 4. The Morgan fingerprint density at radius 3 is 2.38 bits per heavy atom. The molecule has 1 aromatic carbocycles. The number of carbonyl (C=O) groups is 3. The van der Waals surface area contributed by atoms with Crippen molar-refractivity contribution in [2.75, 3.05) is 6.61 Å². The van der Waals surface area contributed by atoms with Gasteiger partial charge in [0.25, 0.3) is 0 Å². The van der Waals surface area contributed by atoms with Crippen LogP contribution in [0.25, 0.3) is 0 Å². The molecule has 2 rings (SSSR count). The summed E-state index contributed by atoms with van der Waals surface area (Å²) in [5.74, 6) is -1.43. The minimum atomic E-state index is -0.806. The zero-order chi connectivity index (χ0) is 19.3. The highest BCUT2D eigenvalue weighted by atomic mass is 79.9. The second-order valence-electron chi connectivity index (χ2n) is 5.99. The highest BCUT2D eigenvalue weighted by molar-refractivity contribution is 9.10. The summed E-state index contributed by atoms with van der Waals surface area (Å²) in [6.45, 7) is 3.90. The Labute approximate surface area is 160 Å². The molecule has 1 aromatic rings. The summed E-state index contributed by atoms with van der Waals surface area (Å²) in [5.41, 5.74) is 0.746. The molecule has 4 unspecified atom stereocenters. The fraction of sp³-hybridized carbons (Fsp3) is 0.500. The van der Waals surface area contributed by atoms with Crippen LogP contribution in [0.3, 0.4) is 0 Å². The average Bonchev–Trinajstić information content (AvgIpc) is 2.53. The predicted molar refractivity (Wildman–Crippen MR) is 94.1 cm³/mol. The van der Waals surface area contributed by atoms with Crippen LogP contribution in [0.5, 0.6) is 0 Å². The van der Waals surface area contributed by atoms with E-state index in [1.54, 1.807) is 0 Å². The van der Waals surface area contributed by atoms with Gasteiger partial charge in [0.2, 0.25) is 0 Å². The van der Waals surface area contributed by atoms with Crippen LogP contribution >= 0.6 is 15.9 Å². The van der Waals surface area contributed by atoms with Gasteiger partial charge in [0.05, 0.1) is 6.10 Å². The Morgan fingerprint density at radius 2 is 1.81 bits per heavy atom. The molecule has 0 N–H and O–H groups in total. The lowest BCUT2D eigenvalue weighted by Crippen LogP contribution is -2.48. The number of benzene rings is 1. The normalized spacial score (nSPS) is 25.2. The Morgan fingerprint density at radius 1 is 1.12 bits per heavy atom. The van der Waals surface area contributed by atoms with Crippen LogP contribution in [0.2, 0.25) is 0 Å². The van der Waals surface area contributed by atoms with Gasteiger partial charge in [-0.2, -0.15) is 0 Å². The number of hydrogen-bond donors (Lipinski definition) is 0. The van der Waals surface area contributed by atoms with Crippen molar-refractivity contribution in [3.8, 4) is 0 Å². The molecule has 0 saturated carbocycles. The fourth-order valence-electron chi connectivity index (χ4n) is 2.86. The molecule has 0 radical (unpaired) electrons. The molecule has 1 fully saturated rings. The van der Waals surface area contributed by atoms with Crippen molar-refractivity contribution in [3.05, 3.63) is 34.3 Å². The predicted octanol–water partition coefficient (Wildman–Crippen LogP) is 2.71. The van der Waals surface area contributed by atoms with E-state index in [0.717, 1.165) is 10.0 Å². The zero-order valence-corrected chi connectivity index (χ0v) is 16.4. The first-order valence-electron chi connectivity index (χ1n) is 8.15. The molecule has 1 aliphatic rings. The van der Waals surface area contributed by atoms with Crippen LogP contribution in [0.4, 0.5) is 0 Å². The standard InChI is InChI=1S/C18H21BrO7/c1-10(20)23-9-15-8-16(24-11(2)21)18(25-12(3)22)17(26-15)13-5-4-6-14(19)7-13/h4-7,15-18H,8-9H2,1-3H3. The van der Waals surface area contributed by atoms with Crippen molar-refractivity contribution >= 4 is 33.8 Å². The molecule has 1 saturated heterocycles. The first-order valence-corrected chi connectivity index (χ1v) is 8.94. The van der Waals surface area contributed by atoms with E-state index < -0.39 is 42.3 Å². The molecule has 1 heterocycles. The number of halogens is 1. The van der Waals surface area contributed by atoms with Crippen molar-refractivity contribution in [2.24, 2.45) is 0 Å². The highest BCUT2D eigenvalue weighted by Crippen LogP contribution is 2.36. The van der Waals surface area contributed by atoms with Gasteiger partial charge in [-0.15, -0.1) is 0 Å². The molecule has 0 bridgehead atoms. The first-order chi connectivity index (χ1) is 12.3. The fourth-order valence-corrected chi connectivity index (χ4v) is 3.27. The maximum absolute atomic E-state index is 11.6. The van der Waals surface area contributed by atoms with Crippen LogP contribution in [0.15, 0.2) is 28.7 Å². The van der Waals surface area contributed by atoms with Gasteiger partial charge >= 0.3 is 17.9 Å². The van der Waals surface area contributed by atoms with Crippen molar-refractivity contribution in [3.63, 3.8) is 0 Å². The lowest BCUT2D eigenvalue weighted by Gasteiger charge is -2.40. The molecule has 142 valence electrons. The second kappa shape index (κ2) is 9.14. The maximum atomic E-state index is 11.6. The Kier molecular flexibility index (Phi) is 7.16. The number of carbonyl (C=O) groups excluding carboxylic acids is 3. The van der Waals surface area contributed by atoms with Gasteiger partial charge in [-0.1, -0.05) is 28.1 Å². The second-order valence-corrected chi connectivity index (χ2v) is 6.91. The van der Waals surface area contributed by atoms with Crippen LogP contribution < -0.4 is 0 Å². The van der Waals surface area contributed by atoms with Gasteiger partial charge in [0.1, 0.15) is 18.8 Å². The van der Waals surface area contributed by atoms with Gasteiger partial charge < -0.3 is 18.9 Å². The lowest BCUT2D eigenvalue weighted by molar-refractivity contribution is -0.214. The summed E-state index contributed by atoms with van der Waals surface area (Å²) in [6, 6.07) is 7.34. The van der Waals surface area contributed by atoms with Crippen molar-refractivity contribution in [1.82, 2.24) is 0 Å². The van der Waals surface area contributed by atoms with Gasteiger partial charge in [-0.25, -0.2) is 0 Å². The van der Waals surface area contributed by atoms with E-state index in [4.69, 9.17) is 18.9 Å². The quantitative estimate of drug-likeness (QED) is 0.525. The summed E-state index contributed by atoms with van der Waals surface area (Å²) in [4.78, 5) is 34.2. The van der Waals surface area contributed by atoms with Crippen LogP contribution in [0, 0.1) is 0 Å². The molecule has 0 aromatic heterocycles. The minimum absolute atomic E-state index is 0.0182. The third-order valence-electron chi connectivity index (χ3n) is 3.77. The monoisotopic (exact) mass is 428 g/mol. The summed E-state index contributed by atoms with van der Waals surface area (Å²) >= 11 is 3.40. The number of hydrogen-bond acceptors (Lipinski definition) is 7. The van der Waals surface area contributed by atoms with Gasteiger partial charge in [0, 0.05) is 31.7 Å². The van der Waals surface area contributed by atoms with Gasteiger partial charge in [0.15, 0.2) is 6.10 Å². The summed E-state index contributed by atoms with van der Waals surface area (Å²) in [5, 5.41) is 0. The van der Waals surface area contributed by atoms with E-state index in [1.165, 1.54) is 20.8 Å². The Hall–Kier alpha value is -1.93. The molecule has 0 aliphatic carbocycles. The summed E-state index contributed by atoms with van der Waals surface area (Å²) < 4.78 is 22.7. The van der Waals surface area contributed by atoms with E-state index in [9.17, 15) is 14.4 Å². The van der Waals surface area contributed by atoms with Crippen molar-refractivity contribution < 1.29 is 33.3 Å². The Balaban J connectivity index is 2.33. The largest absolute Gasteiger partial charge is 0.463 e. The SMILES string of the molecule is CC(=O)OCC1CC(OC(C)=O)C(OC(C)=O)C(c2cccc(Br)c2)O1. The molecule has 4 atom stereocenters. The molecule has 0 spiro atoms. The molecule has 1 aliphatic heterocycles. The van der Waals surface area contributed by atoms with Gasteiger partial charge in [-0.3, -0.25) is 14.4 Å². The van der Waals surface area contributed by atoms with Crippen LogP contribution in [0.1, 0.15) is 38.9 Å². The van der Waals surface area contributed by atoms with E-state index in [2.05, 4.69) is 15.9 Å². The maximum Gasteiger partial charge on any atom is 0.303 e. The van der Waals surface area contributed by atoms with Gasteiger partial charge in [-0.05, 0) is 17.7 Å². The van der Waals surface area contributed by atoms with E-state index >= 15 is 0 Å². The molecule has 0 amide bonds. The lowest BCUT2D eigenvalue weighted by atomic mass is 9.93. The van der Waals surface area contributed by atoms with E-state index in [0.29, 0.717) is 0 Å². The molecule has 8 heteroatoms. The third-order valence-corrected chi connectivity index (χ3v) is 4.26. The molecule has 26 heavy (non-hydrogen) atoms. The average molecular weight is 429 g/mol. The molecular formula is C18H21BrO7. The smallest absolute Gasteiger partial charge is 0.303 e. The minimum Gasteiger partial charge on any atom is -0.463 e.